The van der Waals surface area contributed by atoms with Gasteiger partial charge in [0.25, 0.3) is 0 Å². The molecule has 3 rings (SSSR count). The fourth-order valence-corrected chi connectivity index (χ4v) is 3.95. The highest BCUT2D eigenvalue weighted by atomic mass is 32.1. The summed E-state index contributed by atoms with van der Waals surface area (Å²) in [5, 5.41) is 37.7. The van der Waals surface area contributed by atoms with Crippen LogP contribution in [0.3, 0.4) is 0 Å². The van der Waals surface area contributed by atoms with Gasteiger partial charge in [0.2, 0.25) is 10.7 Å². The van der Waals surface area contributed by atoms with Crippen molar-refractivity contribution in [2.24, 2.45) is 0 Å². The lowest BCUT2D eigenvalue weighted by atomic mass is 9.96. The van der Waals surface area contributed by atoms with Gasteiger partial charge in [-0.2, -0.15) is 0 Å². The largest absolute Gasteiger partial charge is 0.394 e. The lowest BCUT2D eigenvalue weighted by Gasteiger charge is -2.42. The fraction of sp³-hybridized carbons (Fsp3) is 0.579. The number of amides is 1. The van der Waals surface area contributed by atoms with Gasteiger partial charge >= 0.3 is 0 Å². The summed E-state index contributed by atoms with van der Waals surface area (Å²) in [5.41, 5.74) is 0.793. The molecule has 0 bridgehead atoms. The molecule has 11 heteroatoms. The van der Waals surface area contributed by atoms with E-state index in [0.717, 1.165) is 12.0 Å². The van der Waals surface area contributed by atoms with Gasteiger partial charge in [-0.1, -0.05) is 6.92 Å². The molecule has 30 heavy (non-hydrogen) atoms. The predicted octanol–water partition coefficient (Wildman–Crippen LogP) is 0.563. The Morgan fingerprint density at radius 1 is 1.33 bits per heavy atom. The Morgan fingerprint density at radius 3 is 2.57 bits per heavy atom. The van der Waals surface area contributed by atoms with E-state index in [0.29, 0.717) is 10.6 Å². The average molecular weight is 438 g/mol. The van der Waals surface area contributed by atoms with Gasteiger partial charge in [0, 0.05) is 30.9 Å². The summed E-state index contributed by atoms with van der Waals surface area (Å²) >= 11 is 5.69. The Hall–Kier alpha value is -2.18. The monoisotopic (exact) mass is 437 g/mol. The molecule has 1 aliphatic rings. The summed E-state index contributed by atoms with van der Waals surface area (Å²) in [6.45, 7) is 4.82. The van der Waals surface area contributed by atoms with Gasteiger partial charge in [-0.25, -0.2) is 4.68 Å². The Morgan fingerprint density at radius 2 is 2.00 bits per heavy atom. The molecule has 1 amide bonds. The van der Waals surface area contributed by atoms with Crippen LogP contribution in [0.15, 0.2) is 24.5 Å². The molecule has 1 saturated heterocycles. The van der Waals surface area contributed by atoms with Crippen LogP contribution < -0.4 is 5.32 Å². The SMILES string of the molecule is CCC(C)n1c(-c2ccncc2)nn([C@@H]2O[C@H](CO)[C@@H](O)[C@H](O)[C@H]2NC(C)=O)c1=S. The summed E-state index contributed by atoms with van der Waals surface area (Å²) in [6.07, 6.45) is -0.759. The van der Waals surface area contributed by atoms with Crippen molar-refractivity contribution in [2.75, 3.05) is 6.61 Å². The molecule has 4 N–H and O–H groups in total. The molecule has 2 aromatic rings. The topological polar surface area (TPSA) is 135 Å². The van der Waals surface area contributed by atoms with E-state index >= 15 is 0 Å². The number of aromatic nitrogens is 4. The maximum absolute atomic E-state index is 11.7. The minimum atomic E-state index is -1.38. The van der Waals surface area contributed by atoms with E-state index in [4.69, 9.17) is 17.0 Å². The van der Waals surface area contributed by atoms with Gasteiger partial charge in [0.05, 0.1) is 6.61 Å². The molecule has 0 aromatic carbocycles. The van der Waals surface area contributed by atoms with Crippen molar-refractivity contribution >= 4 is 18.1 Å². The molecule has 0 spiro atoms. The number of hydrogen-bond acceptors (Lipinski definition) is 8. The lowest BCUT2D eigenvalue weighted by Crippen LogP contribution is -2.62. The molecule has 3 heterocycles. The molecular weight excluding hydrogens is 410 g/mol. The maximum atomic E-state index is 11.7. The highest BCUT2D eigenvalue weighted by Gasteiger charge is 2.46. The molecule has 164 valence electrons. The molecule has 0 aliphatic carbocycles. The highest BCUT2D eigenvalue weighted by Crippen LogP contribution is 2.31. The van der Waals surface area contributed by atoms with Crippen molar-refractivity contribution in [3.8, 4) is 11.4 Å². The smallest absolute Gasteiger partial charge is 0.217 e. The van der Waals surface area contributed by atoms with Crippen LogP contribution in [0.4, 0.5) is 0 Å². The number of nitrogens with zero attached hydrogens (tertiary/aromatic N) is 4. The summed E-state index contributed by atoms with van der Waals surface area (Å²) in [7, 11) is 0. The van der Waals surface area contributed by atoms with Crippen molar-refractivity contribution in [2.45, 2.75) is 63.8 Å². The van der Waals surface area contributed by atoms with Crippen molar-refractivity contribution in [3.05, 3.63) is 29.3 Å². The summed E-state index contributed by atoms with van der Waals surface area (Å²) in [6, 6.07) is 2.62. The van der Waals surface area contributed by atoms with Crippen molar-refractivity contribution in [1.29, 1.82) is 0 Å². The zero-order chi connectivity index (χ0) is 22.0. The van der Waals surface area contributed by atoms with Gasteiger partial charge in [-0.05, 0) is 37.7 Å². The molecule has 1 unspecified atom stereocenters. The molecule has 6 atom stereocenters. The summed E-state index contributed by atoms with van der Waals surface area (Å²) in [5.74, 6) is 0.174. The second-order valence-corrected chi connectivity index (χ2v) is 7.73. The minimum Gasteiger partial charge on any atom is -0.394 e. The number of carbonyl (C=O) groups is 1. The third-order valence-corrected chi connectivity index (χ3v) is 5.70. The molecule has 1 fully saturated rings. The fourth-order valence-electron chi connectivity index (χ4n) is 3.53. The average Bonchev–Trinajstić information content (AvgIpc) is 3.08. The summed E-state index contributed by atoms with van der Waals surface area (Å²) in [4.78, 5) is 15.8. The van der Waals surface area contributed by atoms with Crippen molar-refractivity contribution in [1.82, 2.24) is 24.6 Å². The number of rotatable bonds is 6. The van der Waals surface area contributed by atoms with Crippen LogP contribution in [-0.2, 0) is 9.53 Å². The van der Waals surface area contributed by atoms with Gasteiger partial charge < -0.3 is 25.4 Å². The molecule has 2 aromatic heterocycles. The summed E-state index contributed by atoms with van der Waals surface area (Å²) < 4.78 is 9.47. The van der Waals surface area contributed by atoms with Crippen LogP contribution in [0, 0.1) is 4.77 Å². The number of ether oxygens (including phenoxy) is 1. The third-order valence-electron chi connectivity index (χ3n) is 5.31. The second kappa shape index (κ2) is 9.31. The van der Waals surface area contributed by atoms with Crippen LogP contribution in [-0.4, -0.2) is 71.5 Å². The highest BCUT2D eigenvalue weighted by molar-refractivity contribution is 7.71. The van der Waals surface area contributed by atoms with E-state index in [2.05, 4.69) is 15.4 Å². The Labute approximate surface area is 179 Å². The molecular formula is C19H27N5O5S. The van der Waals surface area contributed by atoms with E-state index < -0.39 is 43.1 Å². The first-order valence-electron chi connectivity index (χ1n) is 9.81. The first-order chi connectivity index (χ1) is 14.3. The molecule has 1 aliphatic heterocycles. The van der Waals surface area contributed by atoms with Crippen LogP contribution in [0.25, 0.3) is 11.4 Å². The first-order valence-corrected chi connectivity index (χ1v) is 10.2. The number of hydrogen-bond donors (Lipinski definition) is 4. The second-order valence-electron chi connectivity index (χ2n) is 7.37. The molecule has 0 saturated carbocycles. The van der Waals surface area contributed by atoms with E-state index in [1.54, 1.807) is 12.4 Å². The van der Waals surface area contributed by atoms with Crippen LogP contribution in [0.2, 0.25) is 0 Å². The predicted molar refractivity (Wildman–Crippen MR) is 110 cm³/mol. The van der Waals surface area contributed by atoms with Gasteiger partial charge in [0.1, 0.15) is 24.4 Å². The van der Waals surface area contributed by atoms with E-state index in [-0.39, 0.29) is 6.04 Å². The van der Waals surface area contributed by atoms with E-state index in [1.807, 2.05) is 30.5 Å². The van der Waals surface area contributed by atoms with Gasteiger partial charge in [-0.3, -0.25) is 14.3 Å². The first kappa shape index (κ1) is 22.5. The minimum absolute atomic E-state index is 0.0152. The van der Waals surface area contributed by atoms with Crippen molar-refractivity contribution in [3.63, 3.8) is 0 Å². The van der Waals surface area contributed by atoms with Crippen LogP contribution in [0.1, 0.15) is 39.5 Å². The number of carbonyl (C=O) groups excluding carboxylic acids is 1. The van der Waals surface area contributed by atoms with Crippen LogP contribution >= 0.6 is 12.2 Å². The van der Waals surface area contributed by atoms with Crippen molar-refractivity contribution < 1.29 is 24.9 Å². The quantitative estimate of drug-likeness (QED) is 0.482. The van der Waals surface area contributed by atoms with Gasteiger partial charge in [-0.15, -0.1) is 5.10 Å². The molecule has 10 nitrogen and oxygen atoms in total. The number of aliphatic hydroxyl groups excluding tert-OH is 3. The number of pyridine rings is 1. The van der Waals surface area contributed by atoms with Crippen LogP contribution in [0.5, 0.6) is 0 Å². The Kier molecular flexibility index (Phi) is 6.98. The zero-order valence-corrected chi connectivity index (χ0v) is 17.9. The Bertz CT molecular complexity index is 933. The maximum Gasteiger partial charge on any atom is 0.217 e. The standard InChI is InChI=1S/C19H27N5O5S/c1-4-10(2)23-17(12-5-7-20-8-6-12)22-24(19(23)30)18-14(21-11(3)26)16(28)15(27)13(9-25)29-18/h5-8,10,13-16,18,25,27-28H,4,9H2,1-3H3,(H,21,26)/t10?,13-,14-,15-,16-,18-/m1/s1. The Balaban J connectivity index is 2.15. The van der Waals surface area contributed by atoms with E-state index in [9.17, 15) is 20.1 Å². The number of aliphatic hydroxyl groups is 3. The lowest BCUT2D eigenvalue weighted by molar-refractivity contribution is -0.219. The third kappa shape index (κ3) is 4.16. The molecule has 0 radical (unpaired) electrons. The number of nitrogens with one attached hydrogen (secondary N) is 1. The zero-order valence-electron chi connectivity index (χ0n) is 17.0. The van der Waals surface area contributed by atoms with E-state index in [1.165, 1.54) is 11.6 Å². The van der Waals surface area contributed by atoms with Gasteiger partial charge in [0.15, 0.2) is 12.1 Å². The normalized spacial score (nSPS) is 27.6.